The van der Waals surface area contributed by atoms with Crippen LogP contribution in [0, 0.1) is 6.92 Å². The van der Waals surface area contributed by atoms with Gasteiger partial charge in [-0.1, -0.05) is 18.2 Å². The van der Waals surface area contributed by atoms with Crippen molar-refractivity contribution in [3.05, 3.63) is 59.6 Å². The van der Waals surface area contributed by atoms with Gasteiger partial charge in [0.1, 0.15) is 5.52 Å². The van der Waals surface area contributed by atoms with Crippen LogP contribution in [0.1, 0.15) is 5.69 Å². The monoisotopic (exact) mass is 350 g/mol. The van der Waals surface area contributed by atoms with Crippen LogP contribution < -0.4 is 10.6 Å². The van der Waals surface area contributed by atoms with Crippen molar-refractivity contribution in [2.24, 2.45) is 0 Å². The van der Waals surface area contributed by atoms with Crippen LogP contribution in [0.4, 0.5) is 15.5 Å². The summed E-state index contributed by atoms with van der Waals surface area (Å²) in [6, 6.07) is 14.8. The molecule has 0 unspecified atom stereocenters. The predicted molar refractivity (Wildman–Crippen MR) is 98.9 cm³/mol. The number of fused-ring (bicyclic) bond motifs is 1. The van der Waals surface area contributed by atoms with Crippen molar-refractivity contribution in [3.63, 3.8) is 0 Å². The summed E-state index contributed by atoms with van der Waals surface area (Å²) in [5, 5.41) is 8.25. The van der Waals surface area contributed by atoms with Crippen LogP contribution in [-0.4, -0.2) is 16.0 Å². The number of amides is 2. The molecule has 0 bridgehead atoms. The fourth-order valence-corrected chi connectivity index (χ4v) is 3.01. The molecule has 0 aliphatic carbocycles. The maximum absolute atomic E-state index is 12.1. The van der Waals surface area contributed by atoms with Crippen molar-refractivity contribution in [1.82, 2.24) is 9.97 Å². The first-order valence-electron chi connectivity index (χ1n) is 7.64. The van der Waals surface area contributed by atoms with Gasteiger partial charge in [0.2, 0.25) is 11.6 Å². The van der Waals surface area contributed by atoms with Gasteiger partial charge >= 0.3 is 6.03 Å². The van der Waals surface area contributed by atoms with Gasteiger partial charge in [0, 0.05) is 5.56 Å². The number of aryl methyl sites for hydroxylation is 1. The highest BCUT2D eigenvalue weighted by Crippen LogP contribution is 2.26. The van der Waals surface area contributed by atoms with Crippen molar-refractivity contribution in [2.45, 2.75) is 6.92 Å². The SMILES string of the molecule is Cc1nc2oc(-c3ccccc3)nc2cc1NC(=O)Nc1cccs1. The standard InChI is InChI=1S/C18H14N4O2S/c1-11-13(21-18(23)22-15-8-5-9-25-15)10-14-17(19-11)24-16(20-14)12-6-3-2-4-7-12/h2-10H,1H3,(H2,21,22,23). The van der Waals surface area contributed by atoms with Crippen molar-refractivity contribution in [3.8, 4) is 11.5 Å². The van der Waals surface area contributed by atoms with Gasteiger partial charge in [-0.2, -0.15) is 0 Å². The summed E-state index contributed by atoms with van der Waals surface area (Å²) in [7, 11) is 0. The Kier molecular flexibility index (Phi) is 3.91. The van der Waals surface area contributed by atoms with Gasteiger partial charge < -0.3 is 9.73 Å². The topological polar surface area (TPSA) is 80.1 Å². The summed E-state index contributed by atoms with van der Waals surface area (Å²) in [5.74, 6) is 0.502. The van der Waals surface area contributed by atoms with E-state index in [1.165, 1.54) is 11.3 Å². The molecule has 7 heteroatoms. The lowest BCUT2D eigenvalue weighted by Crippen LogP contribution is -2.19. The number of rotatable bonds is 3. The van der Waals surface area contributed by atoms with E-state index in [0.29, 0.717) is 28.5 Å². The van der Waals surface area contributed by atoms with E-state index in [-0.39, 0.29) is 6.03 Å². The Morgan fingerprint density at radius 1 is 1.08 bits per heavy atom. The summed E-state index contributed by atoms with van der Waals surface area (Å²) in [4.78, 5) is 21.0. The lowest BCUT2D eigenvalue weighted by molar-refractivity contribution is 0.262. The number of benzene rings is 1. The highest BCUT2D eigenvalue weighted by molar-refractivity contribution is 7.14. The van der Waals surface area contributed by atoms with E-state index >= 15 is 0 Å². The van der Waals surface area contributed by atoms with Crippen LogP contribution in [0.5, 0.6) is 0 Å². The molecule has 0 saturated carbocycles. The molecule has 0 fully saturated rings. The molecule has 3 aromatic heterocycles. The fraction of sp³-hybridized carbons (Fsp3) is 0.0556. The molecule has 1 aromatic carbocycles. The Morgan fingerprint density at radius 3 is 2.68 bits per heavy atom. The van der Waals surface area contributed by atoms with E-state index in [2.05, 4.69) is 20.6 Å². The van der Waals surface area contributed by atoms with E-state index < -0.39 is 0 Å². The van der Waals surface area contributed by atoms with Gasteiger partial charge in [-0.25, -0.2) is 14.8 Å². The molecule has 4 rings (SSSR count). The molecule has 25 heavy (non-hydrogen) atoms. The Labute approximate surface area is 147 Å². The van der Waals surface area contributed by atoms with E-state index in [4.69, 9.17) is 4.42 Å². The summed E-state index contributed by atoms with van der Waals surface area (Å²) in [6.07, 6.45) is 0. The molecule has 0 saturated heterocycles. The number of hydrogen-bond donors (Lipinski definition) is 2. The Hall–Kier alpha value is -3.19. The van der Waals surface area contributed by atoms with Crippen molar-refractivity contribution in [2.75, 3.05) is 10.6 Å². The zero-order valence-corrected chi connectivity index (χ0v) is 14.1. The molecule has 0 radical (unpaired) electrons. The molecule has 0 aliphatic heterocycles. The molecule has 6 nitrogen and oxygen atoms in total. The smallest absolute Gasteiger partial charge is 0.324 e. The Balaban J connectivity index is 1.61. The van der Waals surface area contributed by atoms with Gasteiger partial charge in [-0.15, -0.1) is 11.3 Å². The maximum Gasteiger partial charge on any atom is 0.324 e. The molecule has 2 amide bonds. The third-order valence-electron chi connectivity index (χ3n) is 3.60. The summed E-state index contributed by atoms with van der Waals surface area (Å²) < 4.78 is 5.73. The number of oxazole rings is 1. The second kappa shape index (κ2) is 6.37. The molecule has 2 N–H and O–H groups in total. The van der Waals surface area contributed by atoms with Gasteiger partial charge in [0.05, 0.1) is 16.4 Å². The highest BCUT2D eigenvalue weighted by Gasteiger charge is 2.13. The van der Waals surface area contributed by atoms with Crippen LogP contribution in [0.3, 0.4) is 0 Å². The van der Waals surface area contributed by atoms with E-state index in [9.17, 15) is 4.79 Å². The first-order valence-corrected chi connectivity index (χ1v) is 8.52. The van der Waals surface area contributed by atoms with Crippen molar-refractivity contribution >= 4 is 39.3 Å². The van der Waals surface area contributed by atoms with E-state index in [0.717, 1.165) is 10.6 Å². The van der Waals surface area contributed by atoms with Crippen LogP contribution in [0.15, 0.2) is 58.3 Å². The molecular weight excluding hydrogens is 336 g/mol. The Morgan fingerprint density at radius 2 is 1.92 bits per heavy atom. The van der Waals surface area contributed by atoms with Crippen molar-refractivity contribution in [1.29, 1.82) is 0 Å². The number of thiophene rings is 1. The predicted octanol–water partition coefficient (Wildman–Crippen LogP) is 4.90. The van der Waals surface area contributed by atoms with Crippen molar-refractivity contribution < 1.29 is 9.21 Å². The van der Waals surface area contributed by atoms with E-state index in [1.807, 2.05) is 54.8 Å². The molecule has 0 spiro atoms. The van der Waals surface area contributed by atoms with Crippen LogP contribution in [-0.2, 0) is 0 Å². The second-order valence-electron chi connectivity index (χ2n) is 5.39. The minimum Gasteiger partial charge on any atom is -0.418 e. The van der Waals surface area contributed by atoms with Gasteiger partial charge in [0.25, 0.3) is 0 Å². The number of carbonyl (C=O) groups excluding carboxylic acids is 1. The minimum atomic E-state index is -0.321. The highest BCUT2D eigenvalue weighted by atomic mass is 32.1. The summed E-state index contributed by atoms with van der Waals surface area (Å²) >= 11 is 1.45. The van der Waals surface area contributed by atoms with Gasteiger partial charge in [-0.3, -0.25) is 5.32 Å². The molecule has 4 aromatic rings. The zero-order chi connectivity index (χ0) is 17.2. The molecule has 0 aliphatic rings. The molecule has 3 heterocycles. The first kappa shape index (κ1) is 15.3. The quantitative estimate of drug-likeness (QED) is 0.550. The third kappa shape index (κ3) is 3.22. The first-order chi connectivity index (χ1) is 12.2. The minimum absolute atomic E-state index is 0.321. The van der Waals surface area contributed by atoms with Gasteiger partial charge in [-0.05, 0) is 42.6 Å². The number of nitrogens with one attached hydrogen (secondary N) is 2. The number of carbonyl (C=O) groups is 1. The number of aromatic nitrogens is 2. The van der Waals surface area contributed by atoms with Crippen LogP contribution in [0.2, 0.25) is 0 Å². The zero-order valence-electron chi connectivity index (χ0n) is 13.3. The van der Waals surface area contributed by atoms with Crippen LogP contribution in [0.25, 0.3) is 22.7 Å². The second-order valence-corrected chi connectivity index (χ2v) is 6.33. The lowest BCUT2D eigenvalue weighted by atomic mass is 10.2. The van der Waals surface area contributed by atoms with Gasteiger partial charge in [0.15, 0.2) is 0 Å². The normalized spacial score (nSPS) is 10.8. The number of hydrogen-bond acceptors (Lipinski definition) is 5. The van der Waals surface area contributed by atoms with E-state index in [1.54, 1.807) is 6.07 Å². The van der Waals surface area contributed by atoms with Crippen LogP contribution >= 0.6 is 11.3 Å². The average molecular weight is 350 g/mol. The maximum atomic E-state index is 12.1. The number of pyridine rings is 1. The molecule has 0 atom stereocenters. The average Bonchev–Trinajstić information content (AvgIpc) is 3.25. The fourth-order valence-electron chi connectivity index (χ4n) is 2.40. The summed E-state index contributed by atoms with van der Waals surface area (Å²) in [6.45, 7) is 1.81. The lowest BCUT2D eigenvalue weighted by Gasteiger charge is -2.07. The Bertz CT molecular complexity index is 1030. The number of anilines is 2. The number of urea groups is 1. The third-order valence-corrected chi connectivity index (χ3v) is 4.39. The largest absolute Gasteiger partial charge is 0.418 e. The molecule has 124 valence electrons. The summed E-state index contributed by atoms with van der Waals surface area (Å²) in [5.41, 5.74) is 3.17. The molecular formula is C18H14N4O2S. The number of nitrogens with zero attached hydrogens (tertiary/aromatic N) is 2.